The lowest BCUT2D eigenvalue weighted by Crippen LogP contribution is -2.14. The monoisotopic (exact) mass is 437 g/mol. The molecule has 7 rings (SSSR count). The Morgan fingerprint density at radius 2 is 1.53 bits per heavy atom. The van der Waals surface area contributed by atoms with Crippen LogP contribution in [-0.4, -0.2) is 14.5 Å². The standard InChI is InChI=1S/C31H23N3/c1-31(2)26-11-5-3-9-22(26)23-14-13-20(18-27(23)31)29-30-25(15-17-33-29)24-10-4-6-12-28(24)34(30)21-8-7-16-32-19-21/h3-19H,1-2H3. The second-order valence-electron chi connectivity index (χ2n) is 9.55. The average Bonchev–Trinajstić information content (AvgIpc) is 3.34. The molecule has 0 saturated carbocycles. The van der Waals surface area contributed by atoms with Crippen molar-refractivity contribution in [3.05, 3.63) is 115 Å². The number of fused-ring (bicyclic) bond motifs is 6. The predicted molar refractivity (Wildman–Crippen MR) is 139 cm³/mol. The number of rotatable bonds is 2. The van der Waals surface area contributed by atoms with Crippen molar-refractivity contribution >= 4 is 21.8 Å². The number of hydrogen-bond donors (Lipinski definition) is 0. The number of nitrogens with zero attached hydrogens (tertiary/aromatic N) is 3. The molecule has 1 aliphatic carbocycles. The van der Waals surface area contributed by atoms with Crippen LogP contribution in [0.15, 0.2) is 104 Å². The molecule has 0 amide bonds. The minimum absolute atomic E-state index is 0.0497. The van der Waals surface area contributed by atoms with Gasteiger partial charge in [-0.1, -0.05) is 68.4 Å². The van der Waals surface area contributed by atoms with Crippen LogP contribution in [0.2, 0.25) is 0 Å². The summed E-state index contributed by atoms with van der Waals surface area (Å²) in [7, 11) is 0. The smallest absolute Gasteiger partial charge is 0.0948 e. The van der Waals surface area contributed by atoms with E-state index in [9.17, 15) is 0 Å². The number of hydrogen-bond acceptors (Lipinski definition) is 2. The number of aromatic nitrogens is 3. The fourth-order valence-electron chi connectivity index (χ4n) is 5.73. The minimum Gasteiger partial charge on any atom is -0.306 e. The normalized spacial score (nSPS) is 13.8. The Labute approximate surface area is 198 Å². The van der Waals surface area contributed by atoms with Gasteiger partial charge in [-0.3, -0.25) is 9.97 Å². The second-order valence-corrected chi connectivity index (χ2v) is 9.55. The van der Waals surface area contributed by atoms with Gasteiger partial charge in [0.1, 0.15) is 0 Å². The first-order valence-electron chi connectivity index (χ1n) is 11.7. The van der Waals surface area contributed by atoms with E-state index in [4.69, 9.17) is 4.98 Å². The van der Waals surface area contributed by atoms with Crippen molar-refractivity contribution in [2.75, 3.05) is 0 Å². The summed E-state index contributed by atoms with van der Waals surface area (Å²) in [5.74, 6) is 0. The van der Waals surface area contributed by atoms with Crippen molar-refractivity contribution in [2.45, 2.75) is 19.3 Å². The quantitative estimate of drug-likeness (QED) is 0.280. The molecule has 0 unspecified atom stereocenters. The third kappa shape index (κ3) is 2.52. The van der Waals surface area contributed by atoms with Crippen LogP contribution in [0.5, 0.6) is 0 Å². The highest BCUT2D eigenvalue weighted by Crippen LogP contribution is 2.49. The van der Waals surface area contributed by atoms with Gasteiger partial charge in [0, 0.05) is 34.1 Å². The average molecular weight is 438 g/mol. The topological polar surface area (TPSA) is 30.7 Å². The van der Waals surface area contributed by atoms with E-state index in [1.165, 1.54) is 33.0 Å². The van der Waals surface area contributed by atoms with Gasteiger partial charge in [0.2, 0.25) is 0 Å². The summed E-state index contributed by atoms with van der Waals surface area (Å²) in [6.45, 7) is 4.64. The van der Waals surface area contributed by atoms with Gasteiger partial charge in [0.15, 0.2) is 0 Å². The largest absolute Gasteiger partial charge is 0.306 e. The van der Waals surface area contributed by atoms with Crippen LogP contribution < -0.4 is 0 Å². The zero-order valence-electron chi connectivity index (χ0n) is 19.2. The molecule has 0 saturated heterocycles. The van der Waals surface area contributed by atoms with Crippen LogP contribution >= 0.6 is 0 Å². The molecule has 34 heavy (non-hydrogen) atoms. The summed E-state index contributed by atoms with van der Waals surface area (Å²) in [4.78, 5) is 9.34. The van der Waals surface area contributed by atoms with Gasteiger partial charge in [-0.15, -0.1) is 0 Å². The van der Waals surface area contributed by atoms with Gasteiger partial charge < -0.3 is 4.57 Å². The van der Waals surface area contributed by atoms with E-state index in [1.807, 2.05) is 24.7 Å². The number of para-hydroxylation sites is 1. The SMILES string of the molecule is CC1(C)c2ccccc2-c2ccc(-c3nccc4c5ccccc5n(-c5cccnc5)c34)cc21. The maximum absolute atomic E-state index is 4.94. The van der Waals surface area contributed by atoms with Gasteiger partial charge in [0.05, 0.1) is 28.6 Å². The Hall–Kier alpha value is -4.24. The Kier molecular flexibility index (Phi) is 3.89. The summed E-state index contributed by atoms with van der Waals surface area (Å²) in [6.07, 6.45) is 5.67. The molecule has 3 heteroatoms. The van der Waals surface area contributed by atoms with Gasteiger partial charge in [-0.2, -0.15) is 0 Å². The third-order valence-corrected chi connectivity index (χ3v) is 7.34. The van der Waals surface area contributed by atoms with Crippen LogP contribution in [0, 0.1) is 0 Å². The summed E-state index contributed by atoms with van der Waals surface area (Å²) in [5.41, 5.74) is 10.8. The first kappa shape index (κ1) is 19.2. The molecule has 1 aliphatic rings. The summed E-state index contributed by atoms with van der Waals surface area (Å²) in [6, 6.07) is 30.4. The van der Waals surface area contributed by atoms with E-state index < -0.39 is 0 Å². The van der Waals surface area contributed by atoms with Crippen molar-refractivity contribution in [3.8, 4) is 28.1 Å². The highest BCUT2D eigenvalue weighted by molar-refractivity contribution is 6.13. The summed E-state index contributed by atoms with van der Waals surface area (Å²) >= 11 is 0. The molecule has 0 atom stereocenters. The minimum atomic E-state index is -0.0497. The lowest BCUT2D eigenvalue weighted by atomic mass is 9.82. The molecular weight excluding hydrogens is 414 g/mol. The third-order valence-electron chi connectivity index (χ3n) is 7.34. The van der Waals surface area contributed by atoms with E-state index >= 15 is 0 Å². The maximum atomic E-state index is 4.94. The Balaban J connectivity index is 1.55. The maximum Gasteiger partial charge on any atom is 0.0948 e. The van der Waals surface area contributed by atoms with Crippen molar-refractivity contribution < 1.29 is 0 Å². The van der Waals surface area contributed by atoms with Crippen LogP contribution in [0.1, 0.15) is 25.0 Å². The van der Waals surface area contributed by atoms with E-state index in [-0.39, 0.29) is 5.41 Å². The summed E-state index contributed by atoms with van der Waals surface area (Å²) in [5, 5.41) is 2.42. The molecule has 6 aromatic rings. The molecule has 0 N–H and O–H groups in total. The molecule has 0 radical (unpaired) electrons. The zero-order chi connectivity index (χ0) is 22.9. The molecule has 3 nitrogen and oxygen atoms in total. The molecule has 3 aromatic carbocycles. The van der Waals surface area contributed by atoms with Crippen LogP contribution in [0.4, 0.5) is 0 Å². The zero-order valence-corrected chi connectivity index (χ0v) is 19.2. The molecule has 3 heterocycles. The van der Waals surface area contributed by atoms with Gasteiger partial charge >= 0.3 is 0 Å². The Morgan fingerprint density at radius 3 is 2.41 bits per heavy atom. The van der Waals surface area contributed by atoms with Crippen molar-refractivity contribution in [1.82, 2.24) is 14.5 Å². The second kappa shape index (κ2) is 6.88. The molecule has 162 valence electrons. The van der Waals surface area contributed by atoms with Crippen molar-refractivity contribution in [1.29, 1.82) is 0 Å². The Bertz CT molecular complexity index is 1730. The van der Waals surface area contributed by atoms with Crippen LogP contribution in [0.3, 0.4) is 0 Å². The lowest BCUT2D eigenvalue weighted by Gasteiger charge is -2.22. The summed E-state index contributed by atoms with van der Waals surface area (Å²) < 4.78 is 2.30. The lowest BCUT2D eigenvalue weighted by molar-refractivity contribution is 0.660. The van der Waals surface area contributed by atoms with Crippen molar-refractivity contribution in [2.24, 2.45) is 0 Å². The van der Waals surface area contributed by atoms with E-state index in [0.717, 1.165) is 28.0 Å². The van der Waals surface area contributed by atoms with Crippen LogP contribution in [-0.2, 0) is 5.41 Å². The van der Waals surface area contributed by atoms with Gasteiger partial charge in [0.25, 0.3) is 0 Å². The van der Waals surface area contributed by atoms with Crippen LogP contribution in [0.25, 0.3) is 49.9 Å². The van der Waals surface area contributed by atoms with Gasteiger partial charge in [-0.25, -0.2) is 0 Å². The molecule has 0 spiro atoms. The van der Waals surface area contributed by atoms with E-state index in [2.05, 4.69) is 102 Å². The van der Waals surface area contributed by atoms with Gasteiger partial charge in [-0.05, 0) is 52.6 Å². The van der Waals surface area contributed by atoms with E-state index in [1.54, 1.807) is 0 Å². The van der Waals surface area contributed by atoms with Crippen molar-refractivity contribution in [3.63, 3.8) is 0 Å². The molecule has 0 bridgehead atoms. The molecular formula is C31H23N3. The molecule has 3 aromatic heterocycles. The molecule has 0 aliphatic heterocycles. The first-order valence-corrected chi connectivity index (χ1v) is 11.7. The number of pyridine rings is 2. The highest BCUT2D eigenvalue weighted by atomic mass is 15.0. The highest BCUT2D eigenvalue weighted by Gasteiger charge is 2.35. The Morgan fingerprint density at radius 1 is 0.706 bits per heavy atom. The van der Waals surface area contributed by atoms with E-state index in [0.29, 0.717) is 0 Å². The predicted octanol–water partition coefficient (Wildman–Crippen LogP) is 7.55. The first-order chi connectivity index (χ1) is 16.6. The fourth-order valence-corrected chi connectivity index (χ4v) is 5.73. The number of benzene rings is 3. The molecule has 0 fully saturated rings. The fraction of sp³-hybridized carbons (Fsp3) is 0.0968.